The first-order valence-electron chi connectivity index (χ1n) is 34.3. The topological polar surface area (TPSA) is 321 Å². The van der Waals surface area contributed by atoms with Crippen LogP contribution in [0.2, 0.25) is 0 Å². The highest BCUT2D eigenvalue weighted by molar-refractivity contribution is 5.84. The Bertz CT molecular complexity index is 4180. The summed E-state index contributed by atoms with van der Waals surface area (Å²) in [7, 11) is 12.5. The number of nitrogens with one attached hydrogen (secondary N) is 4. The number of aliphatic hydroxyl groups is 3. The molecule has 24 heteroatoms. The maximum Gasteiger partial charge on any atom is 0.351 e. The zero-order valence-corrected chi connectivity index (χ0v) is 59.3. The van der Waals surface area contributed by atoms with E-state index >= 15 is 19.2 Å². The Balaban J connectivity index is 0.000000533. The summed E-state index contributed by atoms with van der Waals surface area (Å²) in [4.78, 5) is 77.9. The van der Waals surface area contributed by atoms with Crippen LogP contribution in [0.4, 0.5) is 5.82 Å². The maximum atomic E-state index is 15.7. The molecule has 0 spiro atoms. The third-order valence-electron chi connectivity index (χ3n) is 20.1. The van der Waals surface area contributed by atoms with Gasteiger partial charge in [0.2, 0.25) is 23.6 Å². The van der Waals surface area contributed by atoms with Gasteiger partial charge in [0.1, 0.15) is 70.1 Å². The Hall–Kier alpha value is -11.4. The van der Waals surface area contributed by atoms with E-state index in [9.17, 15) is 15.0 Å². The second kappa shape index (κ2) is 32.5. The van der Waals surface area contributed by atoms with E-state index in [0.717, 1.165) is 26.8 Å². The van der Waals surface area contributed by atoms with Crippen molar-refractivity contribution in [3.63, 3.8) is 0 Å². The van der Waals surface area contributed by atoms with Gasteiger partial charge in [-0.3, -0.25) is 23.7 Å². The highest BCUT2D eigenvalue weighted by Gasteiger charge is 2.45. The highest BCUT2D eigenvalue weighted by Crippen LogP contribution is 2.54. The van der Waals surface area contributed by atoms with Crippen molar-refractivity contribution in [2.75, 3.05) is 69.2 Å². The van der Waals surface area contributed by atoms with Crippen LogP contribution in [-0.2, 0) is 23.9 Å². The molecule has 13 rings (SSSR count). The maximum absolute atomic E-state index is 15.7. The van der Waals surface area contributed by atoms with Gasteiger partial charge in [0, 0.05) is 124 Å². The number of carbonyl (C=O) groups is 4. The van der Waals surface area contributed by atoms with Crippen LogP contribution in [0.3, 0.4) is 0 Å². The van der Waals surface area contributed by atoms with Crippen molar-refractivity contribution in [2.45, 2.75) is 98.1 Å². The van der Waals surface area contributed by atoms with Gasteiger partial charge < -0.3 is 85.0 Å². The molecule has 1 aliphatic carbocycles. The number of amides is 4. The summed E-state index contributed by atoms with van der Waals surface area (Å²) in [6.07, 6.45) is -4.02. The van der Waals surface area contributed by atoms with Crippen LogP contribution in [0, 0.1) is 0 Å². The summed E-state index contributed by atoms with van der Waals surface area (Å²) >= 11 is 0. The minimum absolute atomic E-state index is 0.0537. The van der Waals surface area contributed by atoms with Crippen LogP contribution in [0.15, 0.2) is 187 Å². The number of methoxy groups -OCH3 is 8. The number of carbonyl (C=O) groups excluding carboxylic acids is 4. The number of benzene rings is 8. The van der Waals surface area contributed by atoms with E-state index < -0.39 is 84.7 Å². The number of rotatable bonds is 14. The van der Waals surface area contributed by atoms with Crippen molar-refractivity contribution in [3.05, 3.63) is 259 Å². The summed E-state index contributed by atoms with van der Waals surface area (Å²) in [6, 6.07) is 51.3. The number of nitrogens with zero attached hydrogens (tertiary/aromatic N) is 2. The highest BCUT2D eigenvalue weighted by atomic mass is 16.6. The van der Waals surface area contributed by atoms with Crippen LogP contribution in [-0.4, -0.2) is 130 Å². The lowest BCUT2D eigenvalue weighted by atomic mass is 9.77. The normalized spacial score (nSPS) is 22.9. The third kappa shape index (κ3) is 15.2. The van der Waals surface area contributed by atoms with Gasteiger partial charge in [0.05, 0.1) is 87.7 Å². The number of hydrogen-bond acceptors (Lipinski definition) is 19. The molecule has 4 heterocycles. The van der Waals surface area contributed by atoms with Gasteiger partial charge in [0.25, 0.3) is 0 Å². The number of ether oxygens (including phenoxy) is 9. The molecular formula is C81H85N7O17. The summed E-state index contributed by atoms with van der Waals surface area (Å²) in [5, 5.41) is 41.8. The van der Waals surface area contributed by atoms with Crippen LogP contribution in [0.5, 0.6) is 46.0 Å². The van der Waals surface area contributed by atoms with Crippen LogP contribution >= 0.6 is 0 Å². The number of anilines is 1. The molecule has 12 bridgehead atoms. The summed E-state index contributed by atoms with van der Waals surface area (Å²) in [5.74, 6) is -1.95. The molecule has 24 nitrogen and oxygen atoms in total. The van der Waals surface area contributed by atoms with Crippen molar-refractivity contribution in [3.8, 4) is 46.0 Å². The van der Waals surface area contributed by atoms with E-state index in [0.29, 0.717) is 90.5 Å². The van der Waals surface area contributed by atoms with Gasteiger partial charge in [-0.25, -0.2) is 4.79 Å². The molecule has 1 aromatic heterocycles. The Morgan fingerprint density at radius 1 is 0.390 bits per heavy atom. The number of aliphatic hydroxyl groups excluding tert-OH is 3. The molecule has 9 aromatic rings. The lowest BCUT2D eigenvalue weighted by Gasteiger charge is -2.31. The quantitative estimate of drug-likeness (QED) is 0.0503. The summed E-state index contributed by atoms with van der Waals surface area (Å²) in [6.45, 7) is -0.453. The van der Waals surface area contributed by atoms with Gasteiger partial charge in [0.15, 0.2) is 6.23 Å². The predicted octanol–water partition coefficient (Wildman–Crippen LogP) is 9.05. The van der Waals surface area contributed by atoms with E-state index in [1.807, 2.05) is 146 Å². The molecule has 4 amide bonds. The Labute approximate surface area is 607 Å². The first-order chi connectivity index (χ1) is 50.9. The standard InChI is InChI=1S/C72H72N4O12.C9H13N3O5/c1-81-57-37-58(82-2)50-29-49(57)45-33-65(77)73-69(41-21-13-9-14-22-41)70(42-23-15-10-16-24-42)74-66(78)34-46(50)55-32-56(64(88-8)40-63(55)87-7)48-36-68(80)76-72(44-27-19-12-20-28-44)71(43-25-17-11-18-26-43)75-67(79)35-47(51-30-52(48)60(84-4)38-59(51)83-3)54-31-53(45)61(85-5)39-62(54)86-6;10-5-1-2-12(9(16)11-5)8-7(15)6(14)4(3-13)17-8/h9-32,37-40,45-48,69-72H,33-36H2,1-8H3,(H,73,77)(H,74,78)(H,75,79)(H,76,80);1-2,4,6-8,13-15H,3H2,(H2,10,11,16)/t45?,46?,47?,48?,69-,70-,71-,72-;4-,6-,7-,8-/m01/s1. The zero-order chi connectivity index (χ0) is 74.2. The molecule has 8 atom stereocenters. The first kappa shape index (κ1) is 73.3. The van der Waals surface area contributed by atoms with Crippen molar-refractivity contribution in [2.24, 2.45) is 0 Å². The van der Waals surface area contributed by atoms with Crippen molar-refractivity contribution < 1.29 is 77.1 Å². The molecule has 9 N–H and O–H groups in total. The molecule has 3 aliphatic heterocycles. The fourth-order valence-corrected chi connectivity index (χ4v) is 15.0. The zero-order valence-electron chi connectivity index (χ0n) is 59.3. The average Bonchev–Trinajstić information content (AvgIpc) is 0.977. The lowest BCUT2D eigenvalue weighted by molar-refractivity contribution is -0.125. The Morgan fingerprint density at radius 2 is 0.638 bits per heavy atom. The molecule has 1 saturated heterocycles. The van der Waals surface area contributed by atoms with Crippen LogP contribution < -0.4 is 70.6 Å². The van der Waals surface area contributed by atoms with Gasteiger partial charge in [-0.15, -0.1) is 0 Å². The fraction of sp³-hybridized carbons (Fsp3) is 0.309. The first-order valence-corrected chi connectivity index (χ1v) is 34.3. The van der Waals surface area contributed by atoms with Gasteiger partial charge in [-0.2, -0.15) is 4.98 Å². The van der Waals surface area contributed by atoms with E-state index in [-0.39, 0.29) is 55.1 Å². The van der Waals surface area contributed by atoms with Crippen molar-refractivity contribution >= 4 is 29.4 Å². The Kier molecular flexibility index (Phi) is 22.7. The molecule has 1 fully saturated rings. The van der Waals surface area contributed by atoms with E-state index in [2.05, 4.69) is 26.3 Å². The monoisotopic (exact) mass is 1430 g/mol. The number of hydrogen-bond donors (Lipinski definition) is 8. The second-order valence-electron chi connectivity index (χ2n) is 26.0. The van der Waals surface area contributed by atoms with Crippen LogP contribution in [0.25, 0.3) is 0 Å². The smallest absolute Gasteiger partial charge is 0.351 e. The average molecular weight is 1430 g/mol. The van der Waals surface area contributed by atoms with E-state index in [1.165, 1.54) is 12.3 Å². The lowest BCUT2D eigenvalue weighted by Crippen LogP contribution is -2.41. The second-order valence-corrected chi connectivity index (χ2v) is 26.0. The minimum atomic E-state index is -1.31. The third-order valence-corrected chi connectivity index (χ3v) is 20.1. The molecule has 0 saturated carbocycles. The minimum Gasteiger partial charge on any atom is -0.496 e. The predicted molar refractivity (Wildman–Crippen MR) is 389 cm³/mol. The molecule has 546 valence electrons. The molecule has 0 unspecified atom stereocenters. The van der Waals surface area contributed by atoms with Crippen molar-refractivity contribution in [1.82, 2.24) is 30.8 Å². The number of fused-ring (bicyclic) bond motifs is 8. The molecule has 0 radical (unpaired) electrons. The molecule has 105 heavy (non-hydrogen) atoms. The number of aromatic nitrogens is 2. The number of nitrogen functional groups attached to an aromatic ring is 1. The Morgan fingerprint density at radius 3 is 0.848 bits per heavy atom. The fourth-order valence-electron chi connectivity index (χ4n) is 15.0. The van der Waals surface area contributed by atoms with Crippen molar-refractivity contribution in [1.29, 1.82) is 0 Å². The molecule has 8 aromatic carbocycles. The van der Waals surface area contributed by atoms with Gasteiger partial charge in [-0.05, 0) is 52.6 Å². The molecular weight excluding hydrogens is 1340 g/mol. The largest absolute Gasteiger partial charge is 0.496 e. The summed E-state index contributed by atoms with van der Waals surface area (Å²) in [5.41, 5.74) is 12.0. The summed E-state index contributed by atoms with van der Waals surface area (Å²) < 4.78 is 57.2. The molecule has 4 aliphatic rings. The van der Waals surface area contributed by atoms with Gasteiger partial charge in [-0.1, -0.05) is 121 Å². The number of nitrogens with two attached hydrogens (primary N) is 1. The van der Waals surface area contributed by atoms with Crippen LogP contribution in [0.1, 0.15) is 147 Å². The van der Waals surface area contributed by atoms with E-state index in [1.54, 1.807) is 81.1 Å². The van der Waals surface area contributed by atoms with Gasteiger partial charge >= 0.3 is 5.69 Å². The SMILES string of the molecule is COc1cc(OC)c2cc1C1CC(=O)N[C@@H](c3ccccc3)[C@H](c3ccccc3)NC(=O)CC2c2cc(c(OC)cc2OC)C2CC(=O)N[C@@H](c3ccccc3)[C@H](c3ccccc3)NC(=O)CC(c3cc2c(OC)cc3OC)c2cc1c(OC)cc2OC.Nc1ccn([C@@H]2O[C@H](CO)[C@@H](O)[C@H]2O)c(=O)n1. The van der Waals surface area contributed by atoms with E-state index in [4.69, 9.17) is 53.5 Å².